The molecular formula is C25H17NO2S. The highest BCUT2D eigenvalue weighted by Crippen LogP contribution is 2.53. The minimum atomic E-state index is -0.905. The van der Waals surface area contributed by atoms with Gasteiger partial charge in [-0.2, -0.15) is 0 Å². The summed E-state index contributed by atoms with van der Waals surface area (Å²) in [5.41, 5.74) is 11.7. The molecule has 0 bridgehead atoms. The van der Waals surface area contributed by atoms with Gasteiger partial charge in [0.05, 0.1) is 0 Å². The van der Waals surface area contributed by atoms with Crippen molar-refractivity contribution in [3.63, 3.8) is 0 Å². The number of rotatable bonds is 1. The van der Waals surface area contributed by atoms with Crippen LogP contribution in [0, 0.1) is 0 Å². The first-order valence-corrected chi connectivity index (χ1v) is 10.3. The predicted molar refractivity (Wildman–Crippen MR) is 119 cm³/mol. The van der Waals surface area contributed by atoms with Crippen molar-refractivity contribution in [3.8, 4) is 11.1 Å². The standard InChI is InChI=1S/C25H17NO2S/c26-14-7-5-13(6-8-14)21-24(27)17-10-9-16-15-3-1-2-4-19(15)29-20-12-11-18(25(21)28)22(17)23(16)20/h1-12,24,27-28H,26H2. The Bertz CT molecular complexity index is 1360. The topological polar surface area (TPSA) is 66.5 Å². The Morgan fingerprint density at radius 1 is 0.724 bits per heavy atom. The normalized spacial score (nSPS) is 16.8. The van der Waals surface area contributed by atoms with Crippen LogP contribution in [0.1, 0.15) is 22.8 Å². The molecule has 0 spiro atoms. The van der Waals surface area contributed by atoms with Crippen LogP contribution in [-0.2, 0) is 0 Å². The van der Waals surface area contributed by atoms with E-state index in [2.05, 4.69) is 30.3 Å². The zero-order chi connectivity index (χ0) is 19.7. The maximum atomic E-state index is 11.2. The van der Waals surface area contributed by atoms with Crippen molar-refractivity contribution in [1.29, 1.82) is 0 Å². The molecule has 0 amide bonds. The summed E-state index contributed by atoms with van der Waals surface area (Å²) in [5.74, 6) is 0.127. The molecule has 1 unspecified atom stereocenters. The molecule has 1 aliphatic heterocycles. The summed E-state index contributed by atoms with van der Waals surface area (Å²) in [5, 5.41) is 24.4. The quantitative estimate of drug-likeness (QED) is 0.303. The fourth-order valence-corrected chi connectivity index (χ4v) is 5.63. The molecule has 0 saturated heterocycles. The van der Waals surface area contributed by atoms with Crippen LogP contribution in [-0.4, -0.2) is 10.2 Å². The first-order valence-electron chi connectivity index (χ1n) is 9.48. The largest absolute Gasteiger partial charge is 0.507 e. The van der Waals surface area contributed by atoms with Gasteiger partial charge in [-0.3, -0.25) is 0 Å². The third-order valence-electron chi connectivity index (χ3n) is 5.85. The Balaban J connectivity index is 1.68. The van der Waals surface area contributed by atoms with Crippen molar-refractivity contribution in [2.75, 3.05) is 5.73 Å². The second kappa shape index (κ2) is 5.89. The van der Waals surface area contributed by atoms with Crippen molar-refractivity contribution < 1.29 is 10.2 Å². The van der Waals surface area contributed by atoms with Gasteiger partial charge in [-0.05, 0) is 52.6 Å². The van der Waals surface area contributed by atoms with Crippen molar-refractivity contribution >= 4 is 39.6 Å². The molecule has 0 fully saturated rings. The Labute approximate surface area is 172 Å². The second-order valence-corrected chi connectivity index (χ2v) is 8.53. The minimum Gasteiger partial charge on any atom is -0.507 e. The van der Waals surface area contributed by atoms with Crippen LogP contribution in [0.5, 0.6) is 0 Å². The number of anilines is 1. The summed E-state index contributed by atoms with van der Waals surface area (Å²) < 4.78 is 0. The van der Waals surface area contributed by atoms with Gasteiger partial charge in [0.2, 0.25) is 0 Å². The number of aliphatic hydroxyl groups excluding tert-OH is 2. The van der Waals surface area contributed by atoms with Crippen LogP contribution in [0.3, 0.4) is 0 Å². The highest BCUT2D eigenvalue weighted by atomic mass is 32.2. The smallest absolute Gasteiger partial charge is 0.130 e. The molecule has 0 saturated carbocycles. The molecule has 0 aromatic heterocycles. The first-order chi connectivity index (χ1) is 14.1. The number of benzene rings is 4. The van der Waals surface area contributed by atoms with E-state index < -0.39 is 6.10 Å². The first kappa shape index (κ1) is 16.7. The molecule has 4 heteroatoms. The van der Waals surface area contributed by atoms with Gasteiger partial charge in [-0.15, -0.1) is 0 Å². The third-order valence-corrected chi connectivity index (χ3v) is 6.99. The SMILES string of the molecule is Nc1ccc(C2=C(O)c3ccc4c5c(ccc(c35)C2O)-c2ccccc2S4)cc1. The Morgan fingerprint density at radius 2 is 1.48 bits per heavy atom. The average molecular weight is 395 g/mol. The van der Waals surface area contributed by atoms with Crippen molar-refractivity contribution in [2.24, 2.45) is 0 Å². The number of nitrogen functional groups attached to an aromatic ring is 1. The number of fused-ring (bicyclic) bond motifs is 2. The molecule has 4 aromatic carbocycles. The zero-order valence-electron chi connectivity index (χ0n) is 15.4. The molecule has 1 heterocycles. The lowest BCUT2D eigenvalue weighted by molar-refractivity contribution is 0.237. The van der Waals surface area contributed by atoms with Crippen LogP contribution >= 0.6 is 11.8 Å². The Kier molecular flexibility index (Phi) is 3.40. The lowest BCUT2D eigenvalue weighted by Crippen LogP contribution is -2.12. The van der Waals surface area contributed by atoms with Gasteiger partial charge in [0.25, 0.3) is 0 Å². The summed E-state index contributed by atoms with van der Waals surface area (Å²) >= 11 is 1.73. The zero-order valence-corrected chi connectivity index (χ0v) is 16.2. The van der Waals surface area contributed by atoms with Crippen LogP contribution < -0.4 is 5.73 Å². The van der Waals surface area contributed by atoms with E-state index in [-0.39, 0.29) is 5.76 Å². The van der Waals surface area contributed by atoms with Gasteiger partial charge < -0.3 is 15.9 Å². The Morgan fingerprint density at radius 3 is 2.31 bits per heavy atom. The van der Waals surface area contributed by atoms with E-state index in [0.717, 1.165) is 37.9 Å². The number of aliphatic hydroxyl groups is 2. The molecule has 1 aliphatic carbocycles. The fraction of sp³-hybridized carbons (Fsp3) is 0.0400. The van der Waals surface area contributed by atoms with Gasteiger partial charge >= 0.3 is 0 Å². The molecule has 140 valence electrons. The van der Waals surface area contributed by atoms with E-state index in [0.29, 0.717) is 11.3 Å². The maximum Gasteiger partial charge on any atom is 0.130 e. The van der Waals surface area contributed by atoms with E-state index in [4.69, 9.17) is 5.73 Å². The van der Waals surface area contributed by atoms with Gasteiger partial charge in [0, 0.05) is 37.4 Å². The average Bonchev–Trinajstić information content (AvgIpc) is 2.74. The molecule has 6 rings (SSSR count). The van der Waals surface area contributed by atoms with Crippen molar-refractivity contribution in [1.82, 2.24) is 0 Å². The molecule has 4 N–H and O–H groups in total. The van der Waals surface area contributed by atoms with Crippen molar-refractivity contribution in [2.45, 2.75) is 15.9 Å². The van der Waals surface area contributed by atoms with Crippen LogP contribution in [0.2, 0.25) is 0 Å². The summed E-state index contributed by atoms with van der Waals surface area (Å²) in [6.07, 6.45) is -0.905. The van der Waals surface area contributed by atoms with Gasteiger partial charge in [0.15, 0.2) is 0 Å². The molecular weight excluding hydrogens is 378 g/mol. The van der Waals surface area contributed by atoms with Crippen molar-refractivity contribution in [3.05, 3.63) is 89.5 Å². The number of nitrogens with two attached hydrogens (primary N) is 1. The summed E-state index contributed by atoms with van der Waals surface area (Å²) in [7, 11) is 0. The third kappa shape index (κ3) is 2.24. The van der Waals surface area contributed by atoms with Gasteiger partial charge in [-0.25, -0.2) is 0 Å². The molecule has 3 nitrogen and oxygen atoms in total. The second-order valence-electron chi connectivity index (χ2n) is 7.45. The summed E-state index contributed by atoms with van der Waals surface area (Å²) in [6, 6.07) is 23.7. The molecule has 0 radical (unpaired) electrons. The van der Waals surface area contributed by atoms with E-state index in [1.807, 2.05) is 30.3 Å². The summed E-state index contributed by atoms with van der Waals surface area (Å²) in [6.45, 7) is 0. The van der Waals surface area contributed by atoms with Gasteiger partial charge in [0.1, 0.15) is 11.9 Å². The maximum absolute atomic E-state index is 11.2. The predicted octanol–water partition coefficient (Wildman–Crippen LogP) is 6.03. The van der Waals surface area contributed by atoms with Gasteiger partial charge in [-0.1, -0.05) is 54.2 Å². The van der Waals surface area contributed by atoms with Crippen LogP contribution in [0.25, 0.3) is 33.2 Å². The van der Waals surface area contributed by atoms with E-state index in [9.17, 15) is 10.2 Å². The highest BCUT2D eigenvalue weighted by Gasteiger charge is 2.32. The van der Waals surface area contributed by atoms with E-state index in [1.54, 1.807) is 23.9 Å². The minimum absolute atomic E-state index is 0.127. The van der Waals surface area contributed by atoms with E-state index in [1.165, 1.54) is 10.5 Å². The number of hydrogen-bond acceptors (Lipinski definition) is 4. The molecule has 2 aliphatic rings. The Hall–Kier alpha value is -3.21. The highest BCUT2D eigenvalue weighted by molar-refractivity contribution is 7.99. The molecule has 29 heavy (non-hydrogen) atoms. The van der Waals surface area contributed by atoms with E-state index >= 15 is 0 Å². The molecule has 1 atom stereocenters. The number of hydrogen-bond donors (Lipinski definition) is 3. The lowest BCUT2D eigenvalue weighted by atomic mass is 9.81. The van der Waals surface area contributed by atoms with Crippen LogP contribution in [0.4, 0.5) is 5.69 Å². The molecule has 4 aromatic rings. The summed E-state index contributed by atoms with van der Waals surface area (Å²) in [4.78, 5) is 2.37. The lowest BCUT2D eigenvalue weighted by Gasteiger charge is -2.29. The fourth-order valence-electron chi connectivity index (χ4n) is 4.51. The van der Waals surface area contributed by atoms with Crippen LogP contribution in [0.15, 0.2) is 82.6 Å². The monoisotopic (exact) mass is 395 g/mol.